The van der Waals surface area contributed by atoms with Crippen molar-refractivity contribution in [2.45, 2.75) is 65.5 Å². The van der Waals surface area contributed by atoms with Crippen LogP contribution in [0.4, 0.5) is 0 Å². The molecule has 146 valence electrons. The van der Waals surface area contributed by atoms with Crippen LogP contribution in [0, 0.1) is 5.41 Å². The van der Waals surface area contributed by atoms with Crippen LogP contribution in [0.3, 0.4) is 0 Å². The molecule has 0 spiro atoms. The molecular formula is C18H36IN5O. The molecule has 0 unspecified atom stereocenters. The van der Waals surface area contributed by atoms with Gasteiger partial charge in [0.1, 0.15) is 0 Å². The zero-order valence-electron chi connectivity index (χ0n) is 16.2. The fraction of sp³-hybridized carbons (Fsp3) is 0.889. The molecule has 6 nitrogen and oxygen atoms in total. The SMILES string of the molecule is CCNC(=NCCNC(=O)C(C)(C)C)NC1CCN(C2CC2)CC1.I. The molecule has 1 amide bonds. The molecule has 0 aromatic heterocycles. The minimum atomic E-state index is -0.345. The quantitative estimate of drug-likeness (QED) is 0.243. The number of hydrogen-bond donors (Lipinski definition) is 3. The maximum absolute atomic E-state index is 11.8. The van der Waals surface area contributed by atoms with Crippen molar-refractivity contribution in [2.75, 3.05) is 32.7 Å². The molecule has 0 aromatic rings. The second kappa shape index (κ2) is 10.5. The highest BCUT2D eigenvalue weighted by Crippen LogP contribution is 2.29. The van der Waals surface area contributed by atoms with Crippen LogP contribution in [0.5, 0.6) is 0 Å². The summed E-state index contributed by atoms with van der Waals surface area (Å²) in [5.74, 6) is 0.940. The number of aliphatic imine (C=N–C) groups is 1. The smallest absolute Gasteiger partial charge is 0.225 e. The van der Waals surface area contributed by atoms with Gasteiger partial charge in [-0.15, -0.1) is 24.0 Å². The highest BCUT2D eigenvalue weighted by molar-refractivity contribution is 14.0. The Morgan fingerprint density at radius 2 is 1.76 bits per heavy atom. The fourth-order valence-corrected chi connectivity index (χ4v) is 2.96. The molecule has 25 heavy (non-hydrogen) atoms. The lowest BCUT2D eigenvalue weighted by Crippen LogP contribution is -2.49. The Morgan fingerprint density at radius 1 is 1.12 bits per heavy atom. The highest BCUT2D eigenvalue weighted by atomic mass is 127. The van der Waals surface area contributed by atoms with Crippen molar-refractivity contribution in [3.63, 3.8) is 0 Å². The van der Waals surface area contributed by atoms with E-state index in [1.54, 1.807) is 0 Å². The van der Waals surface area contributed by atoms with E-state index in [9.17, 15) is 4.79 Å². The monoisotopic (exact) mass is 465 g/mol. The molecule has 1 heterocycles. The number of carbonyl (C=O) groups is 1. The molecule has 2 rings (SSSR count). The van der Waals surface area contributed by atoms with Crippen molar-refractivity contribution in [1.82, 2.24) is 20.9 Å². The van der Waals surface area contributed by atoms with Crippen LogP contribution < -0.4 is 16.0 Å². The predicted molar refractivity (Wildman–Crippen MR) is 115 cm³/mol. The second-order valence-corrected chi connectivity index (χ2v) is 7.95. The van der Waals surface area contributed by atoms with Crippen LogP contribution in [0.2, 0.25) is 0 Å². The summed E-state index contributed by atoms with van der Waals surface area (Å²) in [6.07, 6.45) is 5.15. The molecule has 1 aliphatic heterocycles. The number of guanidine groups is 1. The first kappa shape index (κ1) is 22.5. The molecule has 0 bridgehead atoms. The summed E-state index contributed by atoms with van der Waals surface area (Å²) in [4.78, 5) is 19.1. The molecule has 1 saturated heterocycles. The maximum Gasteiger partial charge on any atom is 0.225 e. The Hall–Kier alpha value is -0.570. The van der Waals surface area contributed by atoms with Gasteiger partial charge in [0.05, 0.1) is 6.54 Å². The number of amides is 1. The summed E-state index contributed by atoms with van der Waals surface area (Å²) >= 11 is 0. The van der Waals surface area contributed by atoms with Crippen LogP contribution in [-0.2, 0) is 4.79 Å². The third kappa shape index (κ3) is 8.11. The molecule has 1 saturated carbocycles. The number of piperidine rings is 1. The summed E-state index contributed by atoms with van der Waals surface area (Å²) in [6, 6.07) is 1.38. The predicted octanol–water partition coefficient (Wildman–Crippen LogP) is 1.95. The Balaban J connectivity index is 0.00000312. The summed E-state index contributed by atoms with van der Waals surface area (Å²) in [5, 5.41) is 9.80. The molecule has 3 N–H and O–H groups in total. The van der Waals surface area contributed by atoms with Crippen molar-refractivity contribution in [3.8, 4) is 0 Å². The van der Waals surface area contributed by atoms with Gasteiger partial charge < -0.3 is 20.9 Å². The summed E-state index contributed by atoms with van der Waals surface area (Å²) < 4.78 is 0. The Labute approximate surface area is 170 Å². The Morgan fingerprint density at radius 3 is 2.28 bits per heavy atom. The van der Waals surface area contributed by atoms with Crippen molar-refractivity contribution < 1.29 is 4.79 Å². The van der Waals surface area contributed by atoms with E-state index in [1.807, 2.05) is 20.8 Å². The second-order valence-electron chi connectivity index (χ2n) is 7.95. The van der Waals surface area contributed by atoms with Crippen LogP contribution in [0.15, 0.2) is 4.99 Å². The van der Waals surface area contributed by atoms with Crippen LogP contribution in [-0.4, -0.2) is 61.6 Å². The van der Waals surface area contributed by atoms with Gasteiger partial charge in [0, 0.05) is 43.7 Å². The lowest BCUT2D eigenvalue weighted by molar-refractivity contribution is -0.128. The molecule has 0 aromatic carbocycles. The van der Waals surface area contributed by atoms with Gasteiger partial charge in [-0.3, -0.25) is 9.79 Å². The first-order chi connectivity index (χ1) is 11.4. The van der Waals surface area contributed by atoms with Gasteiger partial charge in [0.2, 0.25) is 5.91 Å². The van der Waals surface area contributed by atoms with Gasteiger partial charge in [-0.25, -0.2) is 0 Å². The summed E-state index contributed by atoms with van der Waals surface area (Å²) in [6.45, 7) is 12.3. The number of hydrogen-bond acceptors (Lipinski definition) is 3. The van der Waals surface area contributed by atoms with E-state index in [2.05, 4.69) is 32.8 Å². The number of nitrogens with zero attached hydrogens (tertiary/aromatic N) is 2. The number of likely N-dealkylation sites (tertiary alicyclic amines) is 1. The third-order valence-electron chi connectivity index (χ3n) is 4.63. The first-order valence-electron chi connectivity index (χ1n) is 9.47. The number of rotatable bonds is 6. The van der Waals surface area contributed by atoms with E-state index in [0.717, 1.165) is 18.5 Å². The Bertz CT molecular complexity index is 437. The number of carbonyl (C=O) groups excluding carboxylic acids is 1. The van der Waals surface area contributed by atoms with Crippen LogP contribution >= 0.6 is 24.0 Å². The van der Waals surface area contributed by atoms with E-state index in [4.69, 9.17) is 0 Å². The molecule has 2 aliphatic rings. The highest BCUT2D eigenvalue weighted by Gasteiger charge is 2.31. The van der Waals surface area contributed by atoms with Crippen molar-refractivity contribution in [1.29, 1.82) is 0 Å². The lowest BCUT2D eigenvalue weighted by Gasteiger charge is -2.33. The average molecular weight is 465 g/mol. The van der Waals surface area contributed by atoms with E-state index < -0.39 is 0 Å². The minimum absolute atomic E-state index is 0. The van der Waals surface area contributed by atoms with E-state index in [1.165, 1.54) is 38.8 Å². The van der Waals surface area contributed by atoms with Crippen molar-refractivity contribution >= 4 is 35.8 Å². The standard InChI is InChI=1S/C18H35N5O.HI/c1-5-19-17(21-11-10-20-16(24)18(2,3)4)22-14-8-12-23(13-9-14)15-6-7-15;/h14-15H,5-13H2,1-4H3,(H,20,24)(H2,19,21,22);1H. The first-order valence-corrected chi connectivity index (χ1v) is 9.47. The van der Waals surface area contributed by atoms with Gasteiger partial charge in [0.15, 0.2) is 5.96 Å². The van der Waals surface area contributed by atoms with Gasteiger partial charge in [-0.1, -0.05) is 20.8 Å². The number of nitrogens with one attached hydrogen (secondary N) is 3. The van der Waals surface area contributed by atoms with Crippen LogP contribution in [0.25, 0.3) is 0 Å². The molecule has 2 fully saturated rings. The molecule has 0 radical (unpaired) electrons. The van der Waals surface area contributed by atoms with Gasteiger partial charge in [-0.2, -0.15) is 0 Å². The van der Waals surface area contributed by atoms with Crippen molar-refractivity contribution in [3.05, 3.63) is 0 Å². The normalized spacial score (nSPS) is 19.9. The van der Waals surface area contributed by atoms with Gasteiger partial charge in [-0.05, 0) is 32.6 Å². The zero-order valence-corrected chi connectivity index (χ0v) is 18.6. The fourth-order valence-electron chi connectivity index (χ4n) is 2.96. The van der Waals surface area contributed by atoms with E-state index >= 15 is 0 Å². The number of halogens is 1. The molecule has 0 atom stereocenters. The molecule has 7 heteroatoms. The topological polar surface area (TPSA) is 68.8 Å². The zero-order chi connectivity index (χ0) is 17.6. The summed E-state index contributed by atoms with van der Waals surface area (Å²) in [5.41, 5.74) is -0.345. The average Bonchev–Trinajstić information content (AvgIpc) is 3.36. The molecular weight excluding hydrogens is 429 g/mol. The van der Waals surface area contributed by atoms with Crippen LogP contribution in [0.1, 0.15) is 53.4 Å². The minimum Gasteiger partial charge on any atom is -0.357 e. The third-order valence-corrected chi connectivity index (χ3v) is 4.63. The van der Waals surface area contributed by atoms with E-state index in [0.29, 0.717) is 19.1 Å². The maximum atomic E-state index is 11.8. The lowest BCUT2D eigenvalue weighted by atomic mass is 9.96. The summed E-state index contributed by atoms with van der Waals surface area (Å²) in [7, 11) is 0. The molecule has 1 aliphatic carbocycles. The van der Waals surface area contributed by atoms with Gasteiger partial charge in [0.25, 0.3) is 0 Å². The van der Waals surface area contributed by atoms with Crippen molar-refractivity contribution in [2.24, 2.45) is 10.4 Å². The largest absolute Gasteiger partial charge is 0.357 e. The van der Waals surface area contributed by atoms with E-state index in [-0.39, 0.29) is 35.3 Å². The van der Waals surface area contributed by atoms with Gasteiger partial charge >= 0.3 is 0 Å². The Kier molecular flexibility index (Phi) is 9.48.